The van der Waals surface area contributed by atoms with Gasteiger partial charge in [-0.15, -0.1) is 0 Å². The number of hydrogen-bond donors (Lipinski definition) is 1. The van der Waals surface area contributed by atoms with E-state index in [1.54, 1.807) is 0 Å². The molecule has 1 N–H and O–H groups in total. The van der Waals surface area contributed by atoms with E-state index < -0.39 is 0 Å². The fourth-order valence-corrected chi connectivity index (χ4v) is 3.42. The van der Waals surface area contributed by atoms with Crippen molar-refractivity contribution in [3.8, 4) is 0 Å². The molecule has 2 heteroatoms. The molecule has 0 aromatic heterocycles. The van der Waals surface area contributed by atoms with Crippen LogP contribution in [0.4, 0.5) is 0 Å². The normalized spacial score (nSPS) is 19.9. The number of rotatable bonds is 7. The van der Waals surface area contributed by atoms with Gasteiger partial charge in [0.25, 0.3) is 0 Å². The highest BCUT2D eigenvalue weighted by atomic mass is 15.1. The van der Waals surface area contributed by atoms with E-state index >= 15 is 0 Å². The van der Waals surface area contributed by atoms with Gasteiger partial charge >= 0.3 is 0 Å². The number of nitrogens with one attached hydrogen (secondary N) is 1. The van der Waals surface area contributed by atoms with Gasteiger partial charge in [-0.2, -0.15) is 0 Å². The summed E-state index contributed by atoms with van der Waals surface area (Å²) >= 11 is 0. The summed E-state index contributed by atoms with van der Waals surface area (Å²) in [5.74, 6) is 0. The van der Waals surface area contributed by atoms with Crippen LogP contribution in [0.15, 0.2) is 30.3 Å². The van der Waals surface area contributed by atoms with Gasteiger partial charge in [0.05, 0.1) is 0 Å². The molecule has 0 bridgehead atoms. The van der Waals surface area contributed by atoms with Crippen LogP contribution in [0.2, 0.25) is 0 Å². The summed E-state index contributed by atoms with van der Waals surface area (Å²) in [4.78, 5) is 2.69. The van der Waals surface area contributed by atoms with Crippen LogP contribution < -0.4 is 5.32 Å². The largest absolute Gasteiger partial charge is 0.316 e. The van der Waals surface area contributed by atoms with Crippen molar-refractivity contribution in [2.75, 3.05) is 32.7 Å². The maximum absolute atomic E-state index is 3.65. The SMILES string of the molecule is CCCNCC(C)(CN1CCCCCC1)c1ccccc1. The summed E-state index contributed by atoms with van der Waals surface area (Å²) in [7, 11) is 0. The molecule has 1 heterocycles. The average Bonchev–Trinajstić information content (AvgIpc) is 2.77. The average molecular weight is 288 g/mol. The molecule has 1 aromatic carbocycles. The molecule has 1 atom stereocenters. The molecule has 1 aliphatic rings. The third-order valence-electron chi connectivity index (χ3n) is 4.68. The number of hydrogen-bond acceptors (Lipinski definition) is 2. The monoisotopic (exact) mass is 288 g/mol. The van der Waals surface area contributed by atoms with Crippen LogP contribution in [0.3, 0.4) is 0 Å². The van der Waals surface area contributed by atoms with E-state index in [-0.39, 0.29) is 5.41 Å². The van der Waals surface area contributed by atoms with Crippen molar-refractivity contribution in [2.24, 2.45) is 0 Å². The molecular weight excluding hydrogens is 256 g/mol. The smallest absolute Gasteiger partial charge is 0.0177 e. The third-order valence-corrected chi connectivity index (χ3v) is 4.68. The quantitative estimate of drug-likeness (QED) is 0.767. The molecule has 1 saturated heterocycles. The Morgan fingerprint density at radius 2 is 1.71 bits per heavy atom. The molecule has 21 heavy (non-hydrogen) atoms. The van der Waals surface area contributed by atoms with Crippen LogP contribution in [0.25, 0.3) is 0 Å². The summed E-state index contributed by atoms with van der Waals surface area (Å²) in [5.41, 5.74) is 1.68. The van der Waals surface area contributed by atoms with E-state index in [1.165, 1.54) is 57.3 Å². The zero-order valence-electron chi connectivity index (χ0n) is 13.9. The van der Waals surface area contributed by atoms with E-state index in [9.17, 15) is 0 Å². The molecule has 118 valence electrons. The molecule has 1 fully saturated rings. The standard InChI is InChI=1S/C19H32N2/c1-3-13-20-16-19(2,18-11-7-6-8-12-18)17-21-14-9-4-5-10-15-21/h6-8,11-12,20H,3-5,9-10,13-17H2,1-2H3. The second-order valence-corrected chi connectivity index (χ2v) is 6.79. The highest BCUT2D eigenvalue weighted by molar-refractivity contribution is 5.25. The van der Waals surface area contributed by atoms with E-state index in [4.69, 9.17) is 0 Å². The van der Waals surface area contributed by atoms with Crippen molar-refractivity contribution in [1.82, 2.24) is 10.2 Å². The lowest BCUT2D eigenvalue weighted by Gasteiger charge is -2.36. The first kappa shape index (κ1) is 16.5. The van der Waals surface area contributed by atoms with Crippen molar-refractivity contribution < 1.29 is 0 Å². The van der Waals surface area contributed by atoms with Gasteiger partial charge in [0.1, 0.15) is 0 Å². The van der Waals surface area contributed by atoms with Crippen molar-refractivity contribution in [1.29, 1.82) is 0 Å². The maximum Gasteiger partial charge on any atom is 0.0177 e. The van der Waals surface area contributed by atoms with Crippen molar-refractivity contribution in [2.45, 2.75) is 51.4 Å². The Bertz CT molecular complexity index is 382. The van der Waals surface area contributed by atoms with Gasteiger partial charge < -0.3 is 10.2 Å². The summed E-state index contributed by atoms with van der Waals surface area (Å²) in [6.07, 6.45) is 6.76. The topological polar surface area (TPSA) is 15.3 Å². The third kappa shape index (κ3) is 5.12. The van der Waals surface area contributed by atoms with Crippen molar-refractivity contribution in [3.05, 3.63) is 35.9 Å². The maximum atomic E-state index is 3.65. The van der Waals surface area contributed by atoms with Gasteiger partial charge in [0, 0.05) is 18.5 Å². The Morgan fingerprint density at radius 1 is 1.05 bits per heavy atom. The van der Waals surface area contributed by atoms with Gasteiger partial charge in [-0.05, 0) is 44.5 Å². The first-order chi connectivity index (χ1) is 10.2. The van der Waals surface area contributed by atoms with Gasteiger partial charge in [0.2, 0.25) is 0 Å². The second-order valence-electron chi connectivity index (χ2n) is 6.79. The molecule has 2 nitrogen and oxygen atoms in total. The van der Waals surface area contributed by atoms with Crippen LogP contribution in [-0.4, -0.2) is 37.6 Å². The lowest BCUT2D eigenvalue weighted by Crippen LogP contribution is -2.46. The van der Waals surface area contributed by atoms with Crippen LogP contribution in [-0.2, 0) is 5.41 Å². The first-order valence-electron chi connectivity index (χ1n) is 8.73. The number of likely N-dealkylation sites (tertiary alicyclic amines) is 1. The van der Waals surface area contributed by atoms with E-state index in [2.05, 4.69) is 54.4 Å². The molecule has 1 aromatic rings. The Hall–Kier alpha value is -0.860. The zero-order chi connectivity index (χ0) is 15.0. The van der Waals surface area contributed by atoms with Gasteiger partial charge in [-0.3, -0.25) is 0 Å². The van der Waals surface area contributed by atoms with Gasteiger partial charge in [-0.25, -0.2) is 0 Å². The van der Waals surface area contributed by atoms with Gasteiger partial charge in [0.15, 0.2) is 0 Å². The Labute approximate surface area is 130 Å². The lowest BCUT2D eigenvalue weighted by atomic mass is 9.81. The second kappa shape index (κ2) is 8.55. The first-order valence-corrected chi connectivity index (χ1v) is 8.73. The Balaban J connectivity index is 2.06. The van der Waals surface area contributed by atoms with Gasteiger partial charge in [-0.1, -0.05) is 57.0 Å². The fourth-order valence-electron chi connectivity index (χ4n) is 3.42. The molecule has 0 spiro atoms. The van der Waals surface area contributed by atoms with E-state index in [0.29, 0.717) is 0 Å². The molecule has 1 unspecified atom stereocenters. The molecule has 2 rings (SSSR count). The van der Waals surface area contributed by atoms with Crippen LogP contribution in [0.1, 0.15) is 51.5 Å². The van der Waals surface area contributed by atoms with E-state index in [0.717, 1.165) is 13.1 Å². The summed E-state index contributed by atoms with van der Waals surface area (Å²) < 4.78 is 0. The minimum Gasteiger partial charge on any atom is -0.316 e. The molecule has 0 amide bonds. The minimum atomic E-state index is 0.209. The molecule has 0 saturated carbocycles. The van der Waals surface area contributed by atoms with Crippen LogP contribution in [0, 0.1) is 0 Å². The van der Waals surface area contributed by atoms with Crippen LogP contribution in [0.5, 0.6) is 0 Å². The zero-order valence-corrected chi connectivity index (χ0v) is 13.9. The van der Waals surface area contributed by atoms with Crippen molar-refractivity contribution in [3.63, 3.8) is 0 Å². The predicted molar refractivity (Wildman–Crippen MR) is 91.9 cm³/mol. The summed E-state index contributed by atoms with van der Waals surface area (Å²) in [6, 6.07) is 11.1. The number of benzene rings is 1. The molecule has 0 aliphatic carbocycles. The summed E-state index contributed by atoms with van der Waals surface area (Å²) in [6.45, 7) is 10.6. The number of nitrogens with zero attached hydrogens (tertiary/aromatic N) is 1. The Kier molecular flexibility index (Phi) is 6.72. The van der Waals surface area contributed by atoms with Crippen molar-refractivity contribution >= 4 is 0 Å². The molecular formula is C19H32N2. The summed E-state index contributed by atoms with van der Waals surface area (Å²) in [5, 5.41) is 3.65. The highest BCUT2D eigenvalue weighted by Gasteiger charge is 2.29. The lowest BCUT2D eigenvalue weighted by molar-refractivity contribution is 0.217. The molecule has 0 radical (unpaired) electrons. The fraction of sp³-hybridized carbons (Fsp3) is 0.684. The highest BCUT2D eigenvalue weighted by Crippen LogP contribution is 2.25. The van der Waals surface area contributed by atoms with E-state index in [1.807, 2.05) is 0 Å². The van der Waals surface area contributed by atoms with Crippen LogP contribution >= 0.6 is 0 Å². The Morgan fingerprint density at radius 3 is 2.33 bits per heavy atom. The predicted octanol–water partition coefficient (Wildman–Crippen LogP) is 3.82. The molecule has 1 aliphatic heterocycles. The minimum absolute atomic E-state index is 0.209.